The van der Waals surface area contributed by atoms with E-state index in [9.17, 15) is 9.59 Å². The van der Waals surface area contributed by atoms with E-state index in [4.69, 9.17) is 11.6 Å². The monoisotopic (exact) mass is 338 g/mol. The molecule has 126 valence electrons. The fraction of sp³-hybridized carbons (Fsp3) is 0.500. The van der Waals surface area contributed by atoms with Gasteiger partial charge in [0.15, 0.2) is 0 Å². The molecule has 1 aromatic carbocycles. The highest BCUT2D eigenvalue weighted by atomic mass is 35.5. The lowest BCUT2D eigenvalue weighted by atomic mass is 10.3. The number of piperazine rings is 1. The molecule has 0 unspecified atom stereocenters. The molecule has 0 radical (unpaired) electrons. The number of nitrogens with one attached hydrogen (secondary N) is 2. The third-order valence-electron chi connectivity index (χ3n) is 3.59. The van der Waals surface area contributed by atoms with Gasteiger partial charge in [-0.1, -0.05) is 23.7 Å². The zero-order valence-corrected chi connectivity index (χ0v) is 14.3. The summed E-state index contributed by atoms with van der Waals surface area (Å²) in [6.45, 7) is 6.79. The van der Waals surface area contributed by atoms with Crippen molar-refractivity contribution in [1.29, 1.82) is 0 Å². The van der Waals surface area contributed by atoms with Crippen molar-refractivity contribution in [2.75, 3.05) is 38.0 Å². The fourth-order valence-corrected chi connectivity index (χ4v) is 2.62. The summed E-state index contributed by atoms with van der Waals surface area (Å²) in [7, 11) is 0. The SMILES string of the molecule is CC(C)NC(=O)CN1CCN(C(=O)Nc2ccccc2Cl)CC1. The number of halogens is 1. The zero-order valence-electron chi connectivity index (χ0n) is 13.5. The summed E-state index contributed by atoms with van der Waals surface area (Å²) >= 11 is 6.04. The number of nitrogens with zero attached hydrogens (tertiary/aromatic N) is 2. The predicted octanol–water partition coefficient (Wildman–Crippen LogP) is 2.01. The third-order valence-corrected chi connectivity index (χ3v) is 3.92. The van der Waals surface area contributed by atoms with E-state index >= 15 is 0 Å². The molecule has 0 atom stereocenters. The van der Waals surface area contributed by atoms with Crippen molar-refractivity contribution in [2.24, 2.45) is 0 Å². The smallest absolute Gasteiger partial charge is 0.321 e. The van der Waals surface area contributed by atoms with Gasteiger partial charge < -0.3 is 15.5 Å². The van der Waals surface area contributed by atoms with Gasteiger partial charge in [0.25, 0.3) is 0 Å². The van der Waals surface area contributed by atoms with Crippen LogP contribution in [0.4, 0.5) is 10.5 Å². The van der Waals surface area contributed by atoms with Crippen molar-refractivity contribution in [1.82, 2.24) is 15.1 Å². The van der Waals surface area contributed by atoms with E-state index < -0.39 is 0 Å². The van der Waals surface area contributed by atoms with Crippen LogP contribution in [0.25, 0.3) is 0 Å². The zero-order chi connectivity index (χ0) is 16.8. The minimum Gasteiger partial charge on any atom is -0.353 e. The molecule has 1 fully saturated rings. The Morgan fingerprint density at radius 1 is 1.17 bits per heavy atom. The molecular formula is C16H23ClN4O2. The van der Waals surface area contributed by atoms with E-state index in [0.717, 1.165) is 0 Å². The lowest BCUT2D eigenvalue weighted by Gasteiger charge is -2.34. The van der Waals surface area contributed by atoms with E-state index in [1.54, 1.807) is 17.0 Å². The Kier molecular flexibility index (Phi) is 6.24. The highest BCUT2D eigenvalue weighted by molar-refractivity contribution is 6.33. The first-order chi connectivity index (χ1) is 11.0. The highest BCUT2D eigenvalue weighted by Gasteiger charge is 2.22. The van der Waals surface area contributed by atoms with Gasteiger partial charge in [-0.15, -0.1) is 0 Å². The molecule has 0 saturated carbocycles. The van der Waals surface area contributed by atoms with Crippen molar-refractivity contribution in [3.05, 3.63) is 29.3 Å². The highest BCUT2D eigenvalue weighted by Crippen LogP contribution is 2.21. The molecule has 3 amide bonds. The Hall–Kier alpha value is -1.79. The van der Waals surface area contributed by atoms with E-state index in [0.29, 0.717) is 43.4 Å². The molecule has 1 aromatic rings. The van der Waals surface area contributed by atoms with E-state index in [1.165, 1.54) is 0 Å². The Bertz CT molecular complexity index is 557. The van der Waals surface area contributed by atoms with Crippen LogP contribution in [0.3, 0.4) is 0 Å². The summed E-state index contributed by atoms with van der Waals surface area (Å²) < 4.78 is 0. The van der Waals surface area contributed by atoms with Gasteiger partial charge in [-0.2, -0.15) is 0 Å². The number of hydrogen-bond donors (Lipinski definition) is 2. The number of rotatable bonds is 4. The van der Waals surface area contributed by atoms with E-state index in [1.807, 2.05) is 26.0 Å². The summed E-state index contributed by atoms with van der Waals surface area (Å²) in [6.07, 6.45) is 0. The lowest BCUT2D eigenvalue weighted by Crippen LogP contribution is -2.52. The summed E-state index contributed by atoms with van der Waals surface area (Å²) in [5.41, 5.74) is 0.609. The molecule has 2 N–H and O–H groups in total. The van der Waals surface area contributed by atoms with Crippen LogP contribution in [-0.2, 0) is 4.79 Å². The van der Waals surface area contributed by atoms with Gasteiger partial charge in [-0.05, 0) is 26.0 Å². The number of benzene rings is 1. The van der Waals surface area contributed by atoms with Gasteiger partial charge in [0.2, 0.25) is 5.91 Å². The van der Waals surface area contributed by atoms with Crippen molar-refractivity contribution in [3.8, 4) is 0 Å². The number of amides is 3. The average Bonchev–Trinajstić information content (AvgIpc) is 2.49. The van der Waals surface area contributed by atoms with Crippen LogP contribution in [0, 0.1) is 0 Å². The molecule has 6 nitrogen and oxygen atoms in total. The molecule has 1 aliphatic heterocycles. The first-order valence-corrected chi connectivity index (χ1v) is 8.15. The Labute approximate surface area is 141 Å². The van der Waals surface area contributed by atoms with Crippen LogP contribution >= 0.6 is 11.6 Å². The van der Waals surface area contributed by atoms with Gasteiger partial charge in [0.1, 0.15) is 0 Å². The summed E-state index contributed by atoms with van der Waals surface area (Å²) in [4.78, 5) is 27.8. The summed E-state index contributed by atoms with van der Waals surface area (Å²) in [6, 6.07) is 7.13. The second-order valence-electron chi connectivity index (χ2n) is 5.90. The standard InChI is InChI=1S/C16H23ClN4O2/c1-12(2)18-15(22)11-20-7-9-21(10-8-20)16(23)19-14-6-4-3-5-13(14)17/h3-6,12H,7-11H2,1-2H3,(H,18,22)(H,19,23). The van der Waals surface area contributed by atoms with Crippen molar-refractivity contribution < 1.29 is 9.59 Å². The predicted molar refractivity (Wildman–Crippen MR) is 91.8 cm³/mol. The van der Waals surface area contributed by atoms with Crippen molar-refractivity contribution >= 4 is 29.2 Å². The van der Waals surface area contributed by atoms with Gasteiger partial charge >= 0.3 is 6.03 Å². The molecule has 1 aliphatic rings. The Balaban J connectivity index is 1.79. The Morgan fingerprint density at radius 3 is 2.43 bits per heavy atom. The molecule has 0 aliphatic carbocycles. The number of hydrogen-bond acceptors (Lipinski definition) is 3. The first-order valence-electron chi connectivity index (χ1n) is 7.78. The molecule has 2 rings (SSSR count). The molecule has 1 saturated heterocycles. The number of para-hydroxylation sites is 1. The number of carbonyl (C=O) groups excluding carboxylic acids is 2. The fourth-order valence-electron chi connectivity index (χ4n) is 2.44. The topological polar surface area (TPSA) is 64.7 Å². The maximum Gasteiger partial charge on any atom is 0.321 e. The largest absolute Gasteiger partial charge is 0.353 e. The molecular weight excluding hydrogens is 316 g/mol. The molecule has 0 bridgehead atoms. The molecule has 0 aromatic heterocycles. The number of carbonyl (C=O) groups is 2. The molecule has 7 heteroatoms. The summed E-state index contributed by atoms with van der Waals surface area (Å²) in [5.74, 6) is 0.0222. The molecule has 0 spiro atoms. The second kappa shape index (κ2) is 8.17. The van der Waals surface area contributed by atoms with Crippen LogP contribution in [0.1, 0.15) is 13.8 Å². The second-order valence-corrected chi connectivity index (χ2v) is 6.30. The molecule has 23 heavy (non-hydrogen) atoms. The van der Waals surface area contributed by atoms with Crippen LogP contribution in [0.5, 0.6) is 0 Å². The summed E-state index contributed by atoms with van der Waals surface area (Å²) in [5, 5.41) is 6.21. The van der Waals surface area contributed by atoms with Crippen molar-refractivity contribution in [2.45, 2.75) is 19.9 Å². The van der Waals surface area contributed by atoms with E-state index in [-0.39, 0.29) is 18.0 Å². The van der Waals surface area contributed by atoms with Crippen LogP contribution in [0.2, 0.25) is 5.02 Å². The first kappa shape index (κ1) is 17.6. The average molecular weight is 339 g/mol. The number of anilines is 1. The van der Waals surface area contributed by atoms with Gasteiger partial charge in [-0.3, -0.25) is 9.69 Å². The maximum atomic E-state index is 12.3. The minimum absolute atomic E-state index is 0.0222. The van der Waals surface area contributed by atoms with Gasteiger partial charge in [0.05, 0.1) is 17.3 Å². The maximum absolute atomic E-state index is 12.3. The van der Waals surface area contributed by atoms with E-state index in [2.05, 4.69) is 15.5 Å². The Morgan fingerprint density at radius 2 is 1.83 bits per heavy atom. The quantitative estimate of drug-likeness (QED) is 0.882. The van der Waals surface area contributed by atoms with Crippen LogP contribution < -0.4 is 10.6 Å². The van der Waals surface area contributed by atoms with Crippen LogP contribution in [-0.4, -0.2) is 60.5 Å². The normalized spacial score (nSPS) is 15.6. The van der Waals surface area contributed by atoms with Gasteiger partial charge in [0, 0.05) is 32.2 Å². The van der Waals surface area contributed by atoms with Crippen LogP contribution in [0.15, 0.2) is 24.3 Å². The third kappa shape index (κ3) is 5.41. The minimum atomic E-state index is -0.163. The molecule has 1 heterocycles. The van der Waals surface area contributed by atoms with Gasteiger partial charge in [-0.25, -0.2) is 4.79 Å². The number of urea groups is 1. The lowest BCUT2D eigenvalue weighted by molar-refractivity contribution is -0.123. The van der Waals surface area contributed by atoms with Crippen molar-refractivity contribution in [3.63, 3.8) is 0 Å².